The highest BCUT2D eigenvalue weighted by Crippen LogP contribution is 2.27. The van der Waals surface area contributed by atoms with Crippen LogP contribution in [0, 0.1) is 13.8 Å². The first-order valence-corrected chi connectivity index (χ1v) is 10.6. The van der Waals surface area contributed by atoms with Crippen LogP contribution < -0.4 is 4.74 Å². The molecule has 5 rings (SSSR count). The van der Waals surface area contributed by atoms with Gasteiger partial charge in [-0.2, -0.15) is 4.98 Å². The molecule has 0 unspecified atom stereocenters. The van der Waals surface area contributed by atoms with Crippen LogP contribution in [-0.2, 0) is 5.75 Å². The molecule has 0 bridgehead atoms. The number of fused-ring (bicyclic) bond motifs is 2. The van der Waals surface area contributed by atoms with Gasteiger partial charge in [-0.3, -0.25) is 4.57 Å². The molecule has 0 atom stereocenters. The van der Waals surface area contributed by atoms with Crippen LogP contribution in [-0.4, -0.2) is 36.2 Å². The van der Waals surface area contributed by atoms with Gasteiger partial charge >= 0.3 is 0 Å². The van der Waals surface area contributed by atoms with Gasteiger partial charge in [0.2, 0.25) is 5.16 Å². The second-order valence-electron chi connectivity index (χ2n) is 6.98. The van der Waals surface area contributed by atoms with Gasteiger partial charge in [0, 0.05) is 17.1 Å². The zero-order valence-corrected chi connectivity index (χ0v) is 17.7. The highest BCUT2D eigenvalue weighted by atomic mass is 32.2. The van der Waals surface area contributed by atoms with E-state index in [1.54, 1.807) is 23.4 Å². The van der Waals surface area contributed by atoms with Gasteiger partial charge in [-0.25, -0.2) is 14.5 Å². The second kappa shape index (κ2) is 7.46. The monoisotopic (exact) mass is 416 g/mol. The Balaban J connectivity index is 1.52. The van der Waals surface area contributed by atoms with Gasteiger partial charge in [0.25, 0.3) is 5.78 Å². The molecule has 8 heteroatoms. The summed E-state index contributed by atoms with van der Waals surface area (Å²) in [5, 5.41) is 5.28. The third-order valence-corrected chi connectivity index (χ3v) is 5.72. The van der Waals surface area contributed by atoms with Gasteiger partial charge in [0.1, 0.15) is 11.6 Å². The molecule has 0 aliphatic heterocycles. The number of nitrogens with zero attached hydrogens (tertiary/aromatic N) is 6. The van der Waals surface area contributed by atoms with E-state index in [1.807, 2.05) is 62.4 Å². The molecule has 0 amide bonds. The summed E-state index contributed by atoms with van der Waals surface area (Å²) in [5.41, 5.74) is 5.01. The molecule has 3 aromatic heterocycles. The number of methoxy groups -OCH3 is 1. The van der Waals surface area contributed by atoms with Crippen LogP contribution in [0.3, 0.4) is 0 Å². The number of aryl methyl sites for hydroxylation is 2. The van der Waals surface area contributed by atoms with Crippen LogP contribution >= 0.6 is 11.8 Å². The van der Waals surface area contributed by atoms with Crippen LogP contribution in [0.2, 0.25) is 0 Å². The zero-order chi connectivity index (χ0) is 20.7. The first kappa shape index (κ1) is 18.6. The first-order chi connectivity index (χ1) is 14.6. The predicted octanol–water partition coefficient (Wildman–Crippen LogP) is 4.38. The number of aromatic nitrogens is 6. The van der Waals surface area contributed by atoms with Crippen molar-refractivity contribution in [3.05, 3.63) is 71.8 Å². The quantitative estimate of drug-likeness (QED) is 0.396. The fraction of sp³-hybridized carbons (Fsp3) is 0.182. The number of thioether (sulfide) groups is 1. The van der Waals surface area contributed by atoms with Crippen LogP contribution in [0.4, 0.5) is 0 Å². The standard InChI is InChI=1S/C22H20N6OS/c1-14-12-15(2)28-21(23-14)25-22(26-28)30-13-20-24-18-6-4-5-7-19(18)27(20)16-8-10-17(29-3)11-9-16/h4-12H,13H2,1-3H3. The van der Waals surface area contributed by atoms with E-state index >= 15 is 0 Å². The van der Waals surface area contributed by atoms with Crippen LogP contribution in [0.25, 0.3) is 22.5 Å². The molecule has 0 radical (unpaired) electrons. The van der Waals surface area contributed by atoms with E-state index in [1.165, 1.54) is 0 Å². The Morgan fingerprint density at radius 3 is 2.57 bits per heavy atom. The van der Waals surface area contributed by atoms with E-state index in [0.717, 1.165) is 39.7 Å². The molecule has 0 saturated carbocycles. The van der Waals surface area contributed by atoms with Gasteiger partial charge in [-0.15, -0.1) is 5.10 Å². The molecule has 7 nitrogen and oxygen atoms in total. The smallest absolute Gasteiger partial charge is 0.253 e. The fourth-order valence-electron chi connectivity index (χ4n) is 3.53. The Morgan fingerprint density at radius 1 is 0.967 bits per heavy atom. The van der Waals surface area contributed by atoms with Crippen molar-refractivity contribution < 1.29 is 4.74 Å². The Labute approximate surface area is 177 Å². The third kappa shape index (κ3) is 3.29. The minimum Gasteiger partial charge on any atom is -0.497 e. The molecule has 3 heterocycles. The lowest BCUT2D eigenvalue weighted by molar-refractivity contribution is 0.414. The van der Waals surface area contributed by atoms with Crippen LogP contribution in [0.1, 0.15) is 17.2 Å². The minimum atomic E-state index is 0.624. The number of imidazole rings is 1. The lowest BCUT2D eigenvalue weighted by Crippen LogP contribution is -2.00. The maximum atomic E-state index is 5.30. The normalized spacial score (nSPS) is 11.4. The summed E-state index contributed by atoms with van der Waals surface area (Å²) in [5.74, 6) is 3.02. The number of rotatable bonds is 5. The molecule has 0 aliphatic rings. The van der Waals surface area contributed by atoms with Crippen molar-refractivity contribution in [3.8, 4) is 11.4 Å². The maximum absolute atomic E-state index is 5.30. The second-order valence-corrected chi connectivity index (χ2v) is 7.93. The molecule has 0 N–H and O–H groups in total. The maximum Gasteiger partial charge on any atom is 0.253 e. The van der Waals surface area contributed by atoms with Crippen molar-refractivity contribution >= 4 is 28.6 Å². The highest BCUT2D eigenvalue weighted by Gasteiger charge is 2.15. The predicted molar refractivity (Wildman–Crippen MR) is 117 cm³/mol. The average molecular weight is 417 g/mol. The Hall–Kier alpha value is -3.39. The van der Waals surface area contributed by atoms with E-state index < -0.39 is 0 Å². The molecular weight excluding hydrogens is 396 g/mol. The van der Waals surface area contributed by atoms with Crippen molar-refractivity contribution in [2.75, 3.05) is 7.11 Å². The molecule has 150 valence electrons. The van der Waals surface area contributed by atoms with Crippen molar-refractivity contribution in [2.24, 2.45) is 0 Å². The van der Waals surface area contributed by atoms with Gasteiger partial charge in [0.15, 0.2) is 0 Å². The lowest BCUT2D eigenvalue weighted by Gasteiger charge is -2.09. The highest BCUT2D eigenvalue weighted by molar-refractivity contribution is 7.98. The lowest BCUT2D eigenvalue weighted by atomic mass is 10.2. The largest absolute Gasteiger partial charge is 0.497 e. The summed E-state index contributed by atoms with van der Waals surface area (Å²) in [7, 11) is 1.67. The minimum absolute atomic E-state index is 0.624. The van der Waals surface area contributed by atoms with Crippen molar-refractivity contribution in [3.63, 3.8) is 0 Å². The Bertz CT molecular complexity index is 1360. The van der Waals surface area contributed by atoms with E-state index in [-0.39, 0.29) is 0 Å². The number of ether oxygens (including phenoxy) is 1. The molecule has 0 fully saturated rings. The molecule has 2 aromatic carbocycles. The van der Waals surface area contributed by atoms with Gasteiger partial charge < -0.3 is 4.74 Å². The zero-order valence-electron chi connectivity index (χ0n) is 16.9. The van der Waals surface area contributed by atoms with E-state index in [4.69, 9.17) is 9.72 Å². The van der Waals surface area contributed by atoms with Crippen molar-refractivity contribution in [1.82, 2.24) is 29.1 Å². The number of benzene rings is 2. The van der Waals surface area contributed by atoms with Crippen LogP contribution in [0.15, 0.2) is 59.8 Å². The van der Waals surface area contributed by atoms with Crippen molar-refractivity contribution in [1.29, 1.82) is 0 Å². The number of hydrogen-bond acceptors (Lipinski definition) is 6. The summed E-state index contributed by atoms with van der Waals surface area (Å²) in [6.45, 7) is 3.97. The summed E-state index contributed by atoms with van der Waals surface area (Å²) < 4.78 is 9.25. The SMILES string of the molecule is COc1ccc(-n2c(CSc3nc4nc(C)cc(C)n4n3)nc3ccccc32)cc1. The molecule has 0 saturated heterocycles. The molecule has 0 aliphatic carbocycles. The first-order valence-electron chi connectivity index (χ1n) is 9.57. The van der Waals surface area contributed by atoms with E-state index in [2.05, 4.69) is 25.7 Å². The third-order valence-electron chi connectivity index (χ3n) is 4.89. The summed E-state index contributed by atoms with van der Waals surface area (Å²) >= 11 is 1.55. The average Bonchev–Trinajstić information content (AvgIpc) is 3.33. The summed E-state index contributed by atoms with van der Waals surface area (Å²) in [6.07, 6.45) is 0. The van der Waals surface area contributed by atoms with Gasteiger partial charge in [0.05, 0.1) is 23.9 Å². The molecular formula is C22H20N6OS. The summed E-state index contributed by atoms with van der Waals surface area (Å²) in [4.78, 5) is 13.9. The van der Waals surface area contributed by atoms with Gasteiger partial charge in [-0.05, 0) is 56.3 Å². The summed E-state index contributed by atoms with van der Waals surface area (Å²) in [6, 6.07) is 18.2. The fourth-order valence-corrected chi connectivity index (χ4v) is 4.27. The van der Waals surface area contributed by atoms with Crippen LogP contribution in [0.5, 0.6) is 5.75 Å². The molecule has 5 aromatic rings. The Kier molecular flexibility index (Phi) is 4.63. The van der Waals surface area contributed by atoms with Crippen molar-refractivity contribution in [2.45, 2.75) is 24.8 Å². The molecule has 0 spiro atoms. The topological polar surface area (TPSA) is 70.1 Å². The Morgan fingerprint density at radius 2 is 1.77 bits per heavy atom. The van der Waals surface area contributed by atoms with E-state index in [9.17, 15) is 0 Å². The van der Waals surface area contributed by atoms with Gasteiger partial charge in [-0.1, -0.05) is 23.9 Å². The molecule has 30 heavy (non-hydrogen) atoms. The number of para-hydroxylation sites is 2. The number of hydrogen-bond donors (Lipinski definition) is 0. The van der Waals surface area contributed by atoms with E-state index in [0.29, 0.717) is 16.7 Å².